The third-order valence-electron chi connectivity index (χ3n) is 5.94. The van der Waals surface area contributed by atoms with Gasteiger partial charge in [0.2, 0.25) is 5.91 Å². The molecule has 0 saturated heterocycles. The van der Waals surface area contributed by atoms with Crippen LogP contribution >= 0.6 is 0 Å². The molecule has 0 fully saturated rings. The van der Waals surface area contributed by atoms with Gasteiger partial charge in [0.15, 0.2) is 22.8 Å². The van der Waals surface area contributed by atoms with Crippen LogP contribution in [0, 0.1) is 0 Å². The normalized spacial score (nSPS) is 10.8. The number of carbonyl (C=O) groups excluding carboxylic acids is 2. The summed E-state index contributed by atoms with van der Waals surface area (Å²) in [4.78, 5) is 55.0. The fourth-order valence-corrected chi connectivity index (χ4v) is 4.00. The van der Waals surface area contributed by atoms with E-state index in [0.29, 0.717) is 29.2 Å². The number of benzene rings is 2. The van der Waals surface area contributed by atoms with Crippen molar-refractivity contribution in [3.8, 4) is 11.5 Å². The predicted molar refractivity (Wildman–Crippen MR) is 139 cm³/mol. The summed E-state index contributed by atoms with van der Waals surface area (Å²) in [6.07, 6.45) is 1.83. The number of fused-ring (bicyclic) bond motifs is 1. The molecule has 2 aromatic carbocycles. The summed E-state index contributed by atoms with van der Waals surface area (Å²) in [6, 6.07) is 15.0. The summed E-state index contributed by atoms with van der Waals surface area (Å²) in [5, 5.41) is 2.72. The minimum atomic E-state index is -0.618. The number of nitrogens with one attached hydrogen (secondary N) is 1. The Kier molecular flexibility index (Phi) is 7.47. The highest BCUT2D eigenvalue weighted by Crippen LogP contribution is 2.27. The number of rotatable bonds is 9. The van der Waals surface area contributed by atoms with Crippen LogP contribution in [0.3, 0.4) is 0 Å². The molecule has 0 bridgehead atoms. The second-order valence-corrected chi connectivity index (χ2v) is 8.32. The zero-order valence-corrected chi connectivity index (χ0v) is 20.7. The van der Waals surface area contributed by atoms with E-state index >= 15 is 0 Å². The van der Waals surface area contributed by atoms with Gasteiger partial charge in [-0.25, -0.2) is 9.78 Å². The molecule has 37 heavy (non-hydrogen) atoms. The van der Waals surface area contributed by atoms with E-state index in [1.807, 2.05) is 6.07 Å². The molecule has 0 aliphatic heterocycles. The minimum absolute atomic E-state index is 0.0772. The zero-order chi connectivity index (χ0) is 26.5. The summed E-state index contributed by atoms with van der Waals surface area (Å²) in [5.41, 5.74) is 1.05. The number of hydrogen-bond donors (Lipinski definition) is 1. The number of carbonyl (C=O) groups is 2. The molecule has 0 saturated carbocycles. The topological polar surface area (TPSA) is 122 Å². The highest BCUT2D eigenvalue weighted by Gasteiger charge is 2.17. The first-order valence-electron chi connectivity index (χ1n) is 11.5. The summed E-state index contributed by atoms with van der Waals surface area (Å²) >= 11 is 0. The lowest BCUT2D eigenvalue weighted by Gasteiger charge is -2.14. The van der Waals surface area contributed by atoms with Crippen LogP contribution in [0.25, 0.3) is 11.0 Å². The number of aryl methyl sites for hydroxylation is 1. The molecule has 1 amide bonds. The van der Waals surface area contributed by atoms with Crippen LogP contribution in [0.15, 0.2) is 70.4 Å². The van der Waals surface area contributed by atoms with Crippen LogP contribution in [0.2, 0.25) is 0 Å². The van der Waals surface area contributed by atoms with E-state index in [1.165, 1.54) is 24.8 Å². The van der Waals surface area contributed by atoms with Crippen molar-refractivity contribution in [3.05, 3.63) is 92.8 Å². The average Bonchev–Trinajstić information content (AvgIpc) is 2.91. The van der Waals surface area contributed by atoms with Crippen molar-refractivity contribution >= 4 is 28.4 Å². The van der Waals surface area contributed by atoms with Crippen LogP contribution in [-0.4, -0.2) is 40.0 Å². The molecule has 0 atom stereocenters. The lowest BCUT2D eigenvalue weighted by Crippen LogP contribution is -2.42. The molecular formula is C27H26N4O6. The van der Waals surface area contributed by atoms with Gasteiger partial charge >= 0.3 is 5.69 Å². The molecular weight excluding hydrogens is 476 g/mol. The fraction of sp³-hybridized carbons (Fsp3) is 0.222. The maximum atomic E-state index is 13.4. The molecule has 0 radical (unpaired) electrons. The maximum Gasteiger partial charge on any atom is 0.332 e. The first kappa shape index (κ1) is 25.4. The van der Waals surface area contributed by atoms with Crippen LogP contribution in [0.4, 0.5) is 5.69 Å². The van der Waals surface area contributed by atoms with E-state index in [1.54, 1.807) is 55.6 Å². The van der Waals surface area contributed by atoms with E-state index in [0.717, 1.165) is 10.1 Å². The summed E-state index contributed by atoms with van der Waals surface area (Å²) in [5.74, 6) is 0.562. The van der Waals surface area contributed by atoms with Crippen LogP contribution in [0.5, 0.6) is 11.5 Å². The Hall–Kier alpha value is -4.73. The largest absolute Gasteiger partial charge is 0.493 e. The molecule has 0 aliphatic carbocycles. The standard InChI is InChI=1S/C27H26N4O6/c1-17(32)19-7-9-20(10-8-19)29-24(33)16-31-21-5-4-13-28-25(21)26(34)30(27(31)35)14-12-18-6-11-22(36-2)23(15-18)37-3/h4-11,13,15H,12,14,16H2,1-3H3,(H,29,33). The maximum absolute atomic E-state index is 13.4. The van der Waals surface area contributed by atoms with E-state index < -0.39 is 17.2 Å². The average molecular weight is 503 g/mol. The minimum Gasteiger partial charge on any atom is -0.493 e. The first-order chi connectivity index (χ1) is 17.8. The Morgan fingerprint density at radius 2 is 1.68 bits per heavy atom. The fourth-order valence-electron chi connectivity index (χ4n) is 4.00. The lowest BCUT2D eigenvalue weighted by atomic mass is 10.1. The number of nitrogens with zero attached hydrogens (tertiary/aromatic N) is 3. The third-order valence-corrected chi connectivity index (χ3v) is 5.94. The van der Waals surface area contributed by atoms with Crippen LogP contribution in [-0.2, 0) is 24.3 Å². The van der Waals surface area contributed by atoms with E-state index in [2.05, 4.69) is 10.3 Å². The van der Waals surface area contributed by atoms with Gasteiger partial charge in [0.25, 0.3) is 5.56 Å². The molecule has 2 heterocycles. The number of methoxy groups -OCH3 is 2. The number of anilines is 1. The van der Waals surface area contributed by atoms with E-state index in [9.17, 15) is 19.2 Å². The second kappa shape index (κ2) is 10.9. The number of Topliss-reactive ketones (excluding diaryl/α,β-unsaturated/α-hetero) is 1. The van der Waals surface area contributed by atoms with E-state index in [4.69, 9.17) is 9.47 Å². The van der Waals surface area contributed by atoms with Gasteiger partial charge in [-0.2, -0.15) is 0 Å². The molecule has 2 aromatic heterocycles. The Labute approximate surface area is 212 Å². The van der Waals surface area contributed by atoms with Gasteiger partial charge in [0, 0.05) is 24.0 Å². The van der Waals surface area contributed by atoms with Gasteiger partial charge in [-0.05, 0) is 67.4 Å². The number of aromatic nitrogens is 3. The summed E-state index contributed by atoms with van der Waals surface area (Å²) in [7, 11) is 3.07. The van der Waals surface area contributed by atoms with Crippen molar-refractivity contribution in [2.45, 2.75) is 26.4 Å². The predicted octanol–water partition coefficient (Wildman–Crippen LogP) is 2.66. The third kappa shape index (κ3) is 5.43. The zero-order valence-electron chi connectivity index (χ0n) is 20.7. The number of hydrogen-bond acceptors (Lipinski definition) is 7. The molecule has 0 unspecified atom stereocenters. The molecule has 10 heteroatoms. The molecule has 0 aliphatic rings. The van der Waals surface area contributed by atoms with Crippen molar-refractivity contribution in [1.82, 2.24) is 14.1 Å². The highest BCUT2D eigenvalue weighted by atomic mass is 16.5. The molecule has 0 spiro atoms. The number of amides is 1. The van der Waals surface area contributed by atoms with E-state index in [-0.39, 0.29) is 29.9 Å². The lowest BCUT2D eigenvalue weighted by molar-refractivity contribution is -0.116. The summed E-state index contributed by atoms with van der Waals surface area (Å²) in [6.45, 7) is 1.21. The number of ketones is 1. The van der Waals surface area contributed by atoms with Gasteiger partial charge in [0.05, 0.1) is 19.7 Å². The Balaban J connectivity index is 1.63. The molecule has 4 rings (SSSR count). The van der Waals surface area contributed by atoms with Crippen molar-refractivity contribution in [2.24, 2.45) is 0 Å². The van der Waals surface area contributed by atoms with Gasteiger partial charge in [-0.3, -0.25) is 23.5 Å². The van der Waals surface area contributed by atoms with Crippen LogP contribution in [0.1, 0.15) is 22.8 Å². The molecule has 1 N–H and O–H groups in total. The van der Waals surface area contributed by atoms with Crippen molar-refractivity contribution < 1.29 is 19.1 Å². The van der Waals surface area contributed by atoms with Gasteiger partial charge < -0.3 is 14.8 Å². The smallest absolute Gasteiger partial charge is 0.332 e. The molecule has 4 aromatic rings. The van der Waals surface area contributed by atoms with Crippen molar-refractivity contribution in [1.29, 1.82) is 0 Å². The van der Waals surface area contributed by atoms with Crippen molar-refractivity contribution in [3.63, 3.8) is 0 Å². The second-order valence-electron chi connectivity index (χ2n) is 8.32. The molecule has 190 valence electrons. The van der Waals surface area contributed by atoms with Crippen molar-refractivity contribution in [2.75, 3.05) is 19.5 Å². The van der Waals surface area contributed by atoms with Gasteiger partial charge in [-0.1, -0.05) is 6.07 Å². The summed E-state index contributed by atoms with van der Waals surface area (Å²) < 4.78 is 12.9. The first-order valence-corrected chi connectivity index (χ1v) is 11.5. The number of pyridine rings is 1. The monoisotopic (exact) mass is 502 g/mol. The highest BCUT2D eigenvalue weighted by molar-refractivity contribution is 5.95. The molecule has 10 nitrogen and oxygen atoms in total. The Morgan fingerprint density at radius 3 is 2.35 bits per heavy atom. The van der Waals surface area contributed by atoms with Gasteiger partial charge in [0.1, 0.15) is 6.54 Å². The van der Waals surface area contributed by atoms with Crippen LogP contribution < -0.4 is 26.0 Å². The SMILES string of the molecule is COc1ccc(CCn2c(=O)c3ncccc3n(CC(=O)Nc3ccc(C(C)=O)cc3)c2=O)cc1OC. The Morgan fingerprint density at radius 1 is 0.946 bits per heavy atom. The van der Waals surface area contributed by atoms with Gasteiger partial charge in [-0.15, -0.1) is 0 Å². The number of ether oxygens (including phenoxy) is 2. The quantitative estimate of drug-likeness (QED) is 0.349. The Bertz CT molecular complexity index is 1590.